The zero-order chi connectivity index (χ0) is 27.9. The molecule has 8 nitrogen and oxygen atoms in total. The van der Waals surface area contributed by atoms with E-state index in [1.165, 1.54) is 5.56 Å². The first-order chi connectivity index (χ1) is 19.5. The summed E-state index contributed by atoms with van der Waals surface area (Å²) in [5.74, 6) is -0.928. The fraction of sp³-hybridized carbons (Fsp3) is 0.125. The summed E-state index contributed by atoms with van der Waals surface area (Å²) >= 11 is 0. The van der Waals surface area contributed by atoms with Gasteiger partial charge < -0.3 is 20.9 Å². The van der Waals surface area contributed by atoms with Crippen molar-refractivity contribution >= 4 is 40.6 Å². The number of aromatic nitrogens is 1. The molecule has 2 heterocycles. The first-order valence-corrected chi connectivity index (χ1v) is 12.8. The molecule has 0 saturated carbocycles. The molecule has 4 aromatic rings. The summed E-state index contributed by atoms with van der Waals surface area (Å²) in [6, 6.07) is 24.8. The van der Waals surface area contributed by atoms with Crippen LogP contribution < -0.4 is 16.0 Å². The lowest BCUT2D eigenvalue weighted by atomic mass is 10.1. The molecule has 0 saturated heterocycles. The van der Waals surface area contributed by atoms with Gasteiger partial charge in [-0.05, 0) is 82.1 Å². The van der Waals surface area contributed by atoms with Crippen molar-refractivity contribution in [1.82, 2.24) is 15.6 Å². The number of amides is 2. The SMILES string of the molecule is N#C/C(=C/c1ccc2c(c1)CCN2)C(=O)NCc1cccc(CNC(=O)/C(C#N)=C\c2ccc3[nH]ccc3c2)c1. The Morgan fingerprint density at radius 1 is 0.825 bits per heavy atom. The highest BCUT2D eigenvalue weighted by atomic mass is 16.2. The van der Waals surface area contributed by atoms with Crippen LogP contribution >= 0.6 is 0 Å². The van der Waals surface area contributed by atoms with Crippen molar-refractivity contribution in [3.05, 3.63) is 112 Å². The Hall–Kier alpha value is -5.60. The number of nitrogens with one attached hydrogen (secondary N) is 4. The van der Waals surface area contributed by atoms with Gasteiger partial charge in [0, 0.05) is 37.0 Å². The number of hydrogen-bond acceptors (Lipinski definition) is 5. The predicted octanol–water partition coefficient (Wildman–Crippen LogP) is 4.58. The number of nitrogens with zero attached hydrogens (tertiary/aromatic N) is 2. The predicted molar refractivity (Wildman–Crippen MR) is 154 cm³/mol. The topological polar surface area (TPSA) is 134 Å². The van der Waals surface area contributed by atoms with Crippen molar-refractivity contribution in [2.24, 2.45) is 0 Å². The second kappa shape index (κ2) is 11.8. The van der Waals surface area contributed by atoms with Gasteiger partial charge in [0.15, 0.2) is 0 Å². The molecule has 0 atom stereocenters. The third-order valence-electron chi connectivity index (χ3n) is 6.67. The minimum atomic E-state index is -0.471. The summed E-state index contributed by atoms with van der Waals surface area (Å²) in [5, 5.41) is 29.0. The van der Waals surface area contributed by atoms with Crippen LogP contribution in [-0.2, 0) is 29.1 Å². The number of aromatic amines is 1. The lowest BCUT2D eigenvalue weighted by Crippen LogP contribution is -2.25. The molecular weight excluding hydrogens is 500 g/mol. The number of carbonyl (C=O) groups excluding carboxylic acids is 2. The van der Waals surface area contributed by atoms with E-state index in [0.717, 1.165) is 51.8 Å². The van der Waals surface area contributed by atoms with E-state index in [1.807, 2.05) is 85.1 Å². The quantitative estimate of drug-likeness (QED) is 0.197. The summed E-state index contributed by atoms with van der Waals surface area (Å²) in [6.45, 7) is 1.32. The summed E-state index contributed by atoms with van der Waals surface area (Å²) in [4.78, 5) is 28.5. The largest absolute Gasteiger partial charge is 0.384 e. The van der Waals surface area contributed by atoms with E-state index in [-0.39, 0.29) is 24.2 Å². The van der Waals surface area contributed by atoms with Gasteiger partial charge >= 0.3 is 0 Å². The van der Waals surface area contributed by atoms with Crippen molar-refractivity contribution in [1.29, 1.82) is 10.5 Å². The standard InChI is InChI=1S/C32H26N6O2/c33-17-27(15-21-4-6-29-25(13-21)8-10-35-29)31(39)37-19-23-2-1-3-24(12-23)20-38-32(40)28(18-34)16-22-5-7-30-26(14-22)9-11-36-30/h1-8,10,12-16,35-36H,9,11,19-20H2,(H,37,39)(H,38,40)/b27-15-,28-16-. The van der Waals surface area contributed by atoms with Crippen molar-refractivity contribution in [2.45, 2.75) is 19.5 Å². The van der Waals surface area contributed by atoms with Crippen LogP contribution in [0.5, 0.6) is 0 Å². The lowest BCUT2D eigenvalue weighted by molar-refractivity contribution is -0.118. The molecule has 0 aliphatic carbocycles. The Morgan fingerprint density at radius 2 is 1.48 bits per heavy atom. The second-order valence-electron chi connectivity index (χ2n) is 9.44. The molecule has 1 aliphatic rings. The van der Waals surface area contributed by atoms with E-state index >= 15 is 0 Å². The first kappa shape index (κ1) is 26.0. The third-order valence-corrected chi connectivity index (χ3v) is 6.67. The van der Waals surface area contributed by atoms with Gasteiger partial charge in [0.2, 0.25) is 0 Å². The Bertz CT molecular complexity index is 1750. The van der Waals surface area contributed by atoms with E-state index < -0.39 is 11.8 Å². The van der Waals surface area contributed by atoms with Crippen molar-refractivity contribution in [2.75, 3.05) is 11.9 Å². The maximum atomic E-state index is 12.7. The molecular formula is C32H26N6O2. The minimum absolute atomic E-state index is 0.00811. The second-order valence-corrected chi connectivity index (χ2v) is 9.44. The number of nitriles is 2. The Kier molecular flexibility index (Phi) is 7.71. The van der Waals surface area contributed by atoms with Crippen LogP contribution in [0.4, 0.5) is 5.69 Å². The molecule has 2 amide bonds. The van der Waals surface area contributed by atoms with Gasteiger partial charge in [-0.3, -0.25) is 9.59 Å². The van der Waals surface area contributed by atoms with Crippen LogP contribution in [0.2, 0.25) is 0 Å². The van der Waals surface area contributed by atoms with Crippen LogP contribution in [0, 0.1) is 22.7 Å². The van der Waals surface area contributed by atoms with Crippen LogP contribution in [0.25, 0.3) is 23.1 Å². The Labute approximate surface area is 231 Å². The molecule has 1 aliphatic heterocycles. The normalized spacial score (nSPS) is 12.7. The van der Waals surface area contributed by atoms with Gasteiger partial charge in [0.1, 0.15) is 23.3 Å². The van der Waals surface area contributed by atoms with Gasteiger partial charge in [-0.15, -0.1) is 0 Å². The monoisotopic (exact) mass is 526 g/mol. The highest BCUT2D eigenvalue weighted by Gasteiger charge is 2.13. The summed E-state index contributed by atoms with van der Waals surface area (Å²) < 4.78 is 0. The average Bonchev–Trinajstić information content (AvgIpc) is 3.65. The molecule has 0 bridgehead atoms. The highest BCUT2D eigenvalue weighted by molar-refractivity contribution is 6.02. The molecule has 4 N–H and O–H groups in total. The molecule has 0 unspecified atom stereocenters. The van der Waals surface area contributed by atoms with E-state index in [0.29, 0.717) is 0 Å². The number of benzene rings is 3. The number of carbonyl (C=O) groups is 2. The molecule has 0 radical (unpaired) electrons. The van der Waals surface area contributed by atoms with Gasteiger partial charge in [0.25, 0.3) is 11.8 Å². The van der Waals surface area contributed by atoms with Crippen molar-refractivity contribution in [3.63, 3.8) is 0 Å². The molecule has 0 spiro atoms. The molecule has 0 fully saturated rings. The van der Waals surface area contributed by atoms with E-state index in [4.69, 9.17) is 0 Å². The van der Waals surface area contributed by atoms with E-state index in [2.05, 4.69) is 20.9 Å². The van der Waals surface area contributed by atoms with Crippen LogP contribution in [0.1, 0.15) is 27.8 Å². The van der Waals surface area contributed by atoms with Gasteiger partial charge in [-0.1, -0.05) is 36.4 Å². The first-order valence-electron chi connectivity index (χ1n) is 12.8. The average molecular weight is 527 g/mol. The van der Waals surface area contributed by atoms with Crippen molar-refractivity contribution < 1.29 is 9.59 Å². The number of fused-ring (bicyclic) bond motifs is 2. The summed E-state index contributed by atoms with van der Waals surface area (Å²) in [6.07, 6.45) is 5.91. The van der Waals surface area contributed by atoms with Gasteiger partial charge in [0.05, 0.1) is 0 Å². The molecule has 3 aromatic carbocycles. The van der Waals surface area contributed by atoms with E-state index in [1.54, 1.807) is 12.2 Å². The summed E-state index contributed by atoms with van der Waals surface area (Å²) in [7, 11) is 0. The molecule has 1 aromatic heterocycles. The fourth-order valence-electron chi connectivity index (χ4n) is 4.61. The molecule has 196 valence electrons. The highest BCUT2D eigenvalue weighted by Crippen LogP contribution is 2.24. The zero-order valence-corrected chi connectivity index (χ0v) is 21.6. The Morgan fingerprint density at radius 3 is 2.15 bits per heavy atom. The summed E-state index contributed by atoms with van der Waals surface area (Å²) in [5.41, 5.74) is 6.47. The van der Waals surface area contributed by atoms with Gasteiger partial charge in [-0.2, -0.15) is 10.5 Å². The van der Waals surface area contributed by atoms with Crippen LogP contribution in [0.3, 0.4) is 0 Å². The third kappa shape index (κ3) is 6.09. The number of hydrogen-bond donors (Lipinski definition) is 4. The number of H-pyrrole nitrogens is 1. The molecule has 5 rings (SSSR count). The maximum absolute atomic E-state index is 12.7. The maximum Gasteiger partial charge on any atom is 0.262 e. The number of rotatable bonds is 8. The fourth-order valence-corrected chi connectivity index (χ4v) is 4.61. The molecule has 8 heteroatoms. The minimum Gasteiger partial charge on any atom is -0.384 e. The van der Waals surface area contributed by atoms with Crippen molar-refractivity contribution in [3.8, 4) is 12.1 Å². The number of anilines is 1. The Balaban J connectivity index is 1.18. The van der Waals surface area contributed by atoms with Gasteiger partial charge in [-0.25, -0.2) is 0 Å². The lowest BCUT2D eigenvalue weighted by Gasteiger charge is -2.09. The smallest absolute Gasteiger partial charge is 0.262 e. The molecule has 40 heavy (non-hydrogen) atoms. The van der Waals surface area contributed by atoms with Crippen LogP contribution in [0.15, 0.2) is 84.1 Å². The zero-order valence-electron chi connectivity index (χ0n) is 21.6. The van der Waals surface area contributed by atoms with Crippen LogP contribution in [-0.4, -0.2) is 23.3 Å². The van der Waals surface area contributed by atoms with E-state index in [9.17, 15) is 20.1 Å².